The van der Waals surface area contributed by atoms with Crippen molar-refractivity contribution in [3.8, 4) is 0 Å². The topological polar surface area (TPSA) is 81.2 Å². The molecule has 18 heteroatoms. The molecule has 0 saturated carbocycles. The summed E-state index contributed by atoms with van der Waals surface area (Å²) in [6.07, 6.45) is 82.4. The van der Waals surface area contributed by atoms with Crippen LogP contribution in [0.25, 0.3) is 59.9 Å². The summed E-state index contributed by atoms with van der Waals surface area (Å²) < 4.78 is 12.1. The molecule has 4 aliphatic rings. The first-order chi connectivity index (χ1) is 69.7. The molecule has 14 rings (SSSR count). The van der Waals surface area contributed by atoms with Gasteiger partial charge in [-0.25, -0.2) is 0 Å². The molecule has 0 fully saturated rings. The molecule has 8 aromatic heterocycles. The van der Waals surface area contributed by atoms with Crippen molar-refractivity contribution in [2.24, 2.45) is 23.7 Å². The molecule has 4 atom stereocenters. The zero-order valence-corrected chi connectivity index (χ0v) is 98.6. The average Bonchev–Trinajstić information content (AvgIpc) is 1.56. The van der Waals surface area contributed by atoms with Gasteiger partial charge in [0.2, 0.25) is 0 Å². The van der Waals surface area contributed by atoms with E-state index in [9.17, 15) is 0 Å². The number of halogens is 2. The van der Waals surface area contributed by atoms with Gasteiger partial charge in [-0.3, -0.25) is 19.2 Å². The highest BCUT2D eigenvalue weighted by Gasteiger charge is 2.42. The molecule has 2 aromatic carbocycles. The molecule has 0 N–H and O–H groups in total. The lowest BCUT2D eigenvalue weighted by Crippen LogP contribution is -2.35. The maximum absolute atomic E-state index is 15.5. The predicted molar refractivity (Wildman–Crippen MR) is 640 cm³/mol. The van der Waals surface area contributed by atoms with Crippen LogP contribution in [0, 0.1) is 23.7 Å². The summed E-state index contributed by atoms with van der Waals surface area (Å²) >= 11 is 21.5. The van der Waals surface area contributed by atoms with Gasteiger partial charge in [-0.15, -0.1) is 90.7 Å². The van der Waals surface area contributed by atoms with Crippen LogP contribution in [0.15, 0.2) is 91.1 Å². The van der Waals surface area contributed by atoms with E-state index in [2.05, 4.69) is 190 Å². The van der Waals surface area contributed by atoms with Crippen LogP contribution in [0.4, 0.5) is 22.7 Å². The largest absolute Gasteiger partial charge is 0.307 e. The molecule has 10 aromatic rings. The van der Waals surface area contributed by atoms with Gasteiger partial charge < -0.3 is 19.6 Å². The molecular weight excluding hydrogens is 2030 g/mol. The highest BCUT2D eigenvalue weighted by molar-refractivity contribution is 9.11. The Kier molecular flexibility index (Phi) is 50.7. The fourth-order valence-electron chi connectivity index (χ4n) is 23.1. The van der Waals surface area contributed by atoms with Crippen molar-refractivity contribution in [3.05, 3.63) is 132 Å². The molecule has 8 nitrogen and oxygen atoms in total. The van der Waals surface area contributed by atoms with Crippen LogP contribution in [0.5, 0.6) is 0 Å². The van der Waals surface area contributed by atoms with E-state index in [4.69, 9.17) is 0 Å². The summed E-state index contributed by atoms with van der Waals surface area (Å²) in [5.74, 6) is 2.37. The van der Waals surface area contributed by atoms with E-state index in [0.717, 1.165) is 145 Å². The number of thiophene rings is 8. The molecule has 0 aliphatic carbocycles. The Morgan fingerprint density at radius 2 is 0.387 bits per heavy atom. The molecule has 12 heterocycles. The number of carbonyl (C=O) groups excluding carboxylic acids is 4. The highest BCUT2D eigenvalue weighted by Crippen LogP contribution is 2.46. The Balaban J connectivity index is 0.000000239. The van der Waals surface area contributed by atoms with E-state index in [-0.39, 0.29) is 23.6 Å². The van der Waals surface area contributed by atoms with Gasteiger partial charge in [0.05, 0.1) is 52.6 Å². The van der Waals surface area contributed by atoms with Crippen molar-refractivity contribution in [3.63, 3.8) is 0 Å². The van der Waals surface area contributed by atoms with Gasteiger partial charge in [0, 0.05) is 104 Å². The summed E-state index contributed by atoms with van der Waals surface area (Å²) in [6.45, 7) is 21.4. The van der Waals surface area contributed by atoms with Crippen LogP contribution < -0.4 is 40.5 Å². The summed E-state index contributed by atoms with van der Waals surface area (Å²) in [5.41, 5.74) is 7.39. The van der Waals surface area contributed by atoms with E-state index in [1.54, 1.807) is 90.7 Å². The zero-order chi connectivity index (χ0) is 99.6. The van der Waals surface area contributed by atoms with E-state index >= 15 is 19.2 Å². The van der Waals surface area contributed by atoms with Crippen molar-refractivity contribution in [1.29, 1.82) is 0 Å². The fourth-order valence-corrected chi connectivity index (χ4v) is 33.5. The van der Waals surface area contributed by atoms with Crippen molar-refractivity contribution in [1.82, 2.24) is 0 Å². The Labute approximate surface area is 906 Å². The van der Waals surface area contributed by atoms with Crippen LogP contribution in [0.2, 0.25) is 0 Å². The van der Waals surface area contributed by atoms with Crippen molar-refractivity contribution < 1.29 is 19.2 Å². The van der Waals surface area contributed by atoms with E-state index < -0.39 is 0 Å². The number of fused-ring (bicyclic) bond motifs is 8. The minimum absolute atomic E-state index is 0.141. The number of hydrogen-bond acceptors (Lipinski definition) is 12. The van der Waals surface area contributed by atoms with E-state index in [0.29, 0.717) is 23.7 Å². The summed E-state index contributed by atoms with van der Waals surface area (Å²) in [7, 11) is 0. The SMILES string of the molecule is CCCCCCCCCCC(CCCCCCCC)CN1C(=O)C(c2cc3sc(Br)cc3s2)=c2cc3c(cc21)=C(c1cc2sc(Br)cc2s1)C(=O)N3CC(CCCCCCCC)CCCCCCCCCC.CCCCCCCCCCC(CCCCCCCC)CN1C(=O)C(c2cc3sccc3s2)=c2cc3c(cc21)=C(c1cc2sccc2s1)C(=O)N3CC(CCCCCCCC)CCCCCCCCCC. The molecule has 0 bridgehead atoms. The second kappa shape index (κ2) is 62.9. The molecule has 4 unspecified atom stereocenters. The van der Waals surface area contributed by atoms with Crippen LogP contribution in [0.1, 0.15) is 486 Å². The van der Waals surface area contributed by atoms with Crippen LogP contribution >= 0.6 is 123 Å². The second-order valence-corrected chi connectivity index (χ2v) is 54.1. The van der Waals surface area contributed by atoms with Crippen molar-refractivity contribution >= 4 is 229 Å². The van der Waals surface area contributed by atoms with Gasteiger partial charge in [-0.05, 0) is 190 Å². The molecule has 0 spiro atoms. The van der Waals surface area contributed by atoms with Crippen LogP contribution in [-0.4, -0.2) is 49.8 Å². The number of nitrogens with zero attached hydrogens (tertiary/aromatic N) is 4. The molecule has 0 saturated heterocycles. The van der Waals surface area contributed by atoms with Gasteiger partial charge in [0.1, 0.15) is 0 Å². The molecular formula is C124H178Br2N4O4S8. The zero-order valence-electron chi connectivity index (χ0n) is 88.9. The third-order valence-electron chi connectivity index (χ3n) is 31.4. The molecule has 780 valence electrons. The van der Waals surface area contributed by atoms with E-state index in [1.165, 1.54) is 423 Å². The summed E-state index contributed by atoms with van der Waals surface area (Å²) in [5, 5.41) is 8.43. The van der Waals surface area contributed by atoms with Gasteiger partial charge in [0.25, 0.3) is 23.6 Å². The second-order valence-electron chi connectivity index (χ2n) is 43.0. The number of rotatable bonds is 76. The van der Waals surface area contributed by atoms with Crippen molar-refractivity contribution in [2.75, 3.05) is 45.8 Å². The fraction of sp³-hybridized carbons (Fsp3) is 0.645. The number of hydrogen-bond donors (Lipinski definition) is 0. The Morgan fingerprint density at radius 3 is 0.577 bits per heavy atom. The summed E-state index contributed by atoms with van der Waals surface area (Å²) in [6, 6.07) is 27.1. The normalized spacial score (nSPS) is 14.6. The van der Waals surface area contributed by atoms with Gasteiger partial charge in [-0.2, -0.15) is 0 Å². The Morgan fingerprint density at radius 1 is 0.211 bits per heavy atom. The minimum Gasteiger partial charge on any atom is -0.307 e. The van der Waals surface area contributed by atoms with Crippen LogP contribution in [0.3, 0.4) is 0 Å². The molecule has 142 heavy (non-hydrogen) atoms. The first-order valence-corrected chi connectivity index (χ1v) is 66.4. The quantitative estimate of drug-likeness (QED) is 0.0356. The monoisotopic (exact) mass is 2200 g/mol. The first kappa shape index (κ1) is 115. The lowest BCUT2D eigenvalue weighted by molar-refractivity contribution is -0.114. The third-order valence-corrected chi connectivity index (χ3v) is 41.3. The third kappa shape index (κ3) is 33.2. The smallest absolute Gasteiger partial charge is 0.260 e. The molecule has 0 radical (unpaired) electrons. The maximum Gasteiger partial charge on any atom is 0.260 e. The number of anilines is 4. The molecule has 4 aliphatic heterocycles. The Hall–Kier alpha value is -4.60. The standard InChI is InChI=1S/C62H88Br2N2O2S4.C62H90N2O2S4/c1-5-9-13-17-21-23-27-31-35-45(33-29-25-19-15-11-7-3)43-65-49-37-48-50(38-47(49)59(61(65)67)55-39-51-53(69-55)41-57(63)71-51)66(62(68)60(48)56-40-52-54(70-56)42-58(64)72-52)44-46(34-30-26-20-16-12-8-4)36-32-28-24-22-18-14-10-6-2;1-5-9-13-17-21-23-27-31-35-47(33-29-25-19-15-11-7-3)45-63-51-41-50-52(42-49(51)59(61(63)65)57-43-55-53(69-57)37-39-67-55)64(62(66)60(50)58-44-56-54(70-58)38-40-68-56)46-48(34-30-26-20-16-12-8-4)36-32-28-24-22-18-14-10-6-2/h37-42,45-46H,5-36,43-44H2,1-4H3;37-44,47-48H,5-36,45-46H2,1-4H3. The predicted octanol–water partition coefficient (Wildman–Crippen LogP) is 39.8. The summed E-state index contributed by atoms with van der Waals surface area (Å²) in [4.78, 5) is 74.8. The number of benzene rings is 2. The lowest BCUT2D eigenvalue weighted by atomic mass is 9.93. The van der Waals surface area contributed by atoms with Gasteiger partial charge >= 0.3 is 0 Å². The maximum atomic E-state index is 15.5. The van der Waals surface area contributed by atoms with E-state index in [1.807, 2.05) is 0 Å². The minimum atomic E-state index is 0.141. The van der Waals surface area contributed by atoms with Crippen molar-refractivity contribution in [2.45, 2.75) is 466 Å². The first-order valence-electron chi connectivity index (χ1n) is 58.2. The Bertz CT molecular complexity index is 5280. The molecule has 4 amide bonds. The van der Waals surface area contributed by atoms with Gasteiger partial charge in [-0.1, -0.05) is 415 Å². The number of amides is 4. The van der Waals surface area contributed by atoms with Crippen LogP contribution in [-0.2, 0) is 19.2 Å². The number of unbranched alkanes of at least 4 members (excludes halogenated alkanes) is 48. The lowest BCUT2D eigenvalue weighted by Gasteiger charge is -2.27. The highest BCUT2D eigenvalue weighted by atomic mass is 79.9. The van der Waals surface area contributed by atoms with Gasteiger partial charge in [0.15, 0.2) is 0 Å². The number of carbonyl (C=O) groups is 4. The average molecular weight is 2210 g/mol.